The van der Waals surface area contributed by atoms with Crippen LogP contribution in [0.15, 0.2) is 41.3 Å². The largest absolute Gasteiger partial charge is 0.469 e. The molecular weight excluding hydrogens is 212 g/mol. The number of furan rings is 1. The lowest BCUT2D eigenvalue weighted by atomic mass is 10.1. The zero-order valence-corrected chi connectivity index (χ0v) is 10.3. The van der Waals surface area contributed by atoms with Gasteiger partial charge in [-0.1, -0.05) is 0 Å². The highest BCUT2D eigenvalue weighted by Crippen LogP contribution is 2.15. The molecule has 90 valence electrons. The Morgan fingerprint density at radius 3 is 3.00 bits per heavy atom. The average Bonchev–Trinajstić information content (AvgIpc) is 2.82. The van der Waals surface area contributed by atoms with E-state index in [1.165, 1.54) is 5.56 Å². The van der Waals surface area contributed by atoms with Gasteiger partial charge in [0, 0.05) is 30.5 Å². The normalized spacial score (nSPS) is 12.4. The maximum Gasteiger partial charge on any atom is 0.103 e. The second-order valence-electron chi connectivity index (χ2n) is 4.35. The second kappa shape index (κ2) is 5.53. The molecule has 0 bridgehead atoms. The summed E-state index contributed by atoms with van der Waals surface area (Å²) in [6, 6.07) is 6.38. The van der Waals surface area contributed by atoms with Crippen molar-refractivity contribution in [3.05, 3.63) is 48.2 Å². The predicted molar refractivity (Wildman–Crippen MR) is 69.1 cm³/mol. The van der Waals surface area contributed by atoms with E-state index in [1.807, 2.05) is 30.6 Å². The Balaban J connectivity index is 1.85. The number of hydrogen-bond donors (Lipinski definition) is 1. The molecule has 0 aromatic carbocycles. The molecule has 0 aliphatic carbocycles. The first-order chi connectivity index (χ1) is 8.25. The van der Waals surface area contributed by atoms with E-state index in [2.05, 4.69) is 24.1 Å². The molecule has 0 radical (unpaired) electrons. The second-order valence-corrected chi connectivity index (χ2v) is 4.35. The Morgan fingerprint density at radius 1 is 1.41 bits per heavy atom. The summed E-state index contributed by atoms with van der Waals surface area (Å²) in [5.74, 6) is 1.05. The third kappa shape index (κ3) is 3.34. The van der Waals surface area contributed by atoms with Gasteiger partial charge in [0.1, 0.15) is 5.76 Å². The quantitative estimate of drug-likeness (QED) is 0.855. The topological polar surface area (TPSA) is 38.1 Å². The summed E-state index contributed by atoms with van der Waals surface area (Å²) in [6.45, 7) is 4.25. The van der Waals surface area contributed by atoms with Crippen LogP contribution in [0.25, 0.3) is 0 Å². The van der Waals surface area contributed by atoms with Gasteiger partial charge >= 0.3 is 0 Å². The summed E-state index contributed by atoms with van der Waals surface area (Å²) in [5, 5.41) is 3.49. The molecule has 3 nitrogen and oxygen atoms in total. The van der Waals surface area contributed by atoms with Crippen LogP contribution in [0.2, 0.25) is 0 Å². The molecule has 17 heavy (non-hydrogen) atoms. The highest BCUT2D eigenvalue weighted by atomic mass is 16.3. The molecule has 2 aromatic heterocycles. The Morgan fingerprint density at radius 2 is 2.29 bits per heavy atom. The Labute approximate surface area is 102 Å². The number of aryl methyl sites for hydroxylation is 2. The first kappa shape index (κ1) is 11.7. The first-order valence-corrected chi connectivity index (χ1v) is 5.95. The fourth-order valence-electron chi connectivity index (χ4n) is 1.79. The molecule has 0 saturated heterocycles. The molecule has 1 N–H and O–H groups in total. The summed E-state index contributed by atoms with van der Waals surface area (Å²) in [4.78, 5) is 4.08. The number of pyridine rings is 1. The van der Waals surface area contributed by atoms with Crippen molar-refractivity contribution in [2.24, 2.45) is 0 Å². The van der Waals surface area contributed by atoms with E-state index in [4.69, 9.17) is 4.42 Å². The van der Waals surface area contributed by atoms with Crippen LogP contribution in [0.5, 0.6) is 0 Å². The molecule has 0 fully saturated rings. The standard InChI is InChI=1S/C14H18N2O/c1-11-10-15-8-7-14(11)16-12(2)5-6-13-4-3-9-17-13/h3-4,7-10,12H,5-6H2,1-2H3,(H,15,16). The van der Waals surface area contributed by atoms with E-state index in [-0.39, 0.29) is 0 Å². The fraction of sp³-hybridized carbons (Fsp3) is 0.357. The predicted octanol–water partition coefficient (Wildman–Crippen LogP) is 3.42. The Bertz CT molecular complexity index is 451. The van der Waals surface area contributed by atoms with Gasteiger partial charge in [-0.05, 0) is 44.0 Å². The smallest absolute Gasteiger partial charge is 0.103 e. The average molecular weight is 230 g/mol. The molecule has 3 heteroatoms. The van der Waals surface area contributed by atoms with Crippen LogP contribution in [0, 0.1) is 6.92 Å². The first-order valence-electron chi connectivity index (χ1n) is 5.95. The van der Waals surface area contributed by atoms with E-state index < -0.39 is 0 Å². The molecule has 1 unspecified atom stereocenters. The summed E-state index contributed by atoms with van der Waals surface area (Å²) >= 11 is 0. The van der Waals surface area contributed by atoms with Crippen molar-refractivity contribution in [1.29, 1.82) is 0 Å². The maximum atomic E-state index is 5.32. The number of rotatable bonds is 5. The van der Waals surface area contributed by atoms with Crippen molar-refractivity contribution in [1.82, 2.24) is 4.98 Å². The summed E-state index contributed by atoms with van der Waals surface area (Å²) in [6.07, 6.45) is 7.43. The summed E-state index contributed by atoms with van der Waals surface area (Å²) < 4.78 is 5.32. The number of nitrogens with zero attached hydrogens (tertiary/aromatic N) is 1. The van der Waals surface area contributed by atoms with Crippen LogP contribution in [-0.4, -0.2) is 11.0 Å². The number of aromatic nitrogens is 1. The zero-order valence-electron chi connectivity index (χ0n) is 10.3. The van der Waals surface area contributed by atoms with Crippen molar-refractivity contribution in [3.63, 3.8) is 0 Å². The van der Waals surface area contributed by atoms with E-state index in [0.717, 1.165) is 24.3 Å². The van der Waals surface area contributed by atoms with Crippen LogP contribution in [0.4, 0.5) is 5.69 Å². The van der Waals surface area contributed by atoms with E-state index in [0.29, 0.717) is 6.04 Å². The lowest BCUT2D eigenvalue weighted by Crippen LogP contribution is -2.16. The molecule has 2 rings (SSSR count). The van der Waals surface area contributed by atoms with Gasteiger partial charge in [0.2, 0.25) is 0 Å². The number of hydrogen-bond acceptors (Lipinski definition) is 3. The minimum Gasteiger partial charge on any atom is -0.469 e. The third-order valence-corrected chi connectivity index (χ3v) is 2.83. The van der Waals surface area contributed by atoms with E-state index >= 15 is 0 Å². The van der Waals surface area contributed by atoms with Gasteiger partial charge in [-0.25, -0.2) is 0 Å². The van der Waals surface area contributed by atoms with Crippen LogP contribution in [-0.2, 0) is 6.42 Å². The molecule has 0 spiro atoms. The van der Waals surface area contributed by atoms with Crippen LogP contribution >= 0.6 is 0 Å². The minimum atomic E-state index is 0.418. The highest BCUT2D eigenvalue weighted by Gasteiger charge is 2.05. The van der Waals surface area contributed by atoms with Gasteiger partial charge in [0.05, 0.1) is 6.26 Å². The van der Waals surface area contributed by atoms with Crippen molar-refractivity contribution < 1.29 is 4.42 Å². The fourth-order valence-corrected chi connectivity index (χ4v) is 1.79. The molecule has 2 aromatic rings. The lowest BCUT2D eigenvalue weighted by molar-refractivity contribution is 0.495. The maximum absolute atomic E-state index is 5.32. The van der Waals surface area contributed by atoms with Gasteiger partial charge in [0.25, 0.3) is 0 Å². The molecule has 2 heterocycles. The van der Waals surface area contributed by atoms with Gasteiger partial charge in [-0.15, -0.1) is 0 Å². The number of nitrogens with one attached hydrogen (secondary N) is 1. The third-order valence-electron chi connectivity index (χ3n) is 2.83. The van der Waals surface area contributed by atoms with E-state index in [9.17, 15) is 0 Å². The highest BCUT2D eigenvalue weighted by molar-refractivity contribution is 5.49. The van der Waals surface area contributed by atoms with Crippen LogP contribution < -0.4 is 5.32 Å². The SMILES string of the molecule is Cc1cnccc1NC(C)CCc1ccco1. The lowest BCUT2D eigenvalue weighted by Gasteiger charge is -2.16. The van der Waals surface area contributed by atoms with Gasteiger partial charge in [-0.3, -0.25) is 4.98 Å². The molecule has 0 amide bonds. The van der Waals surface area contributed by atoms with Crippen molar-refractivity contribution in [2.75, 3.05) is 5.32 Å². The van der Waals surface area contributed by atoms with Crippen molar-refractivity contribution >= 4 is 5.69 Å². The zero-order chi connectivity index (χ0) is 12.1. The Hall–Kier alpha value is -1.77. The van der Waals surface area contributed by atoms with Crippen LogP contribution in [0.1, 0.15) is 24.7 Å². The van der Waals surface area contributed by atoms with Crippen molar-refractivity contribution in [2.45, 2.75) is 32.7 Å². The molecule has 0 saturated carbocycles. The van der Waals surface area contributed by atoms with Crippen molar-refractivity contribution in [3.8, 4) is 0 Å². The molecule has 0 aliphatic rings. The number of anilines is 1. The summed E-state index contributed by atoms with van der Waals surface area (Å²) in [7, 11) is 0. The van der Waals surface area contributed by atoms with Gasteiger partial charge in [0.15, 0.2) is 0 Å². The summed E-state index contributed by atoms with van der Waals surface area (Å²) in [5.41, 5.74) is 2.34. The van der Waals surface area contributed by atoms with Crippen LogP contribution in [0.3, 0.4) is 0 Å². The minimum absolute atomic E-state index is 0.418. The van der Waals surface area contributed by atoms with Gasteiger partial charge in [-0.2, -0.15) is 0 Å². The monoisotopic (exact) mass is 230 g/mol. The Kier molecular flexibility index (Phi) is 3.81. The molecule has 1 atom stereocenters. The molecule has 0 aliphatic heterocycles. The molecular formula is C14H18N2O. The van der Waals surface area contributed by atoms with E-state index in [1.54, 1.807) is 6.26 Å². The van der Waals surface area contributed by atoms with Gasteiger partial charge < -0.3 is 9.73 Å².